The highest BCUT2D eigenvalue weighted by Crippen LogP contribution is 2.35. The van der Waals surface area contributed by atoms with Gasteiger partial charge in [0.2, 0.25) is 0 Å². The summed E-state index contributed by atoms with van der Waals surface area (Å²) in [6, 6.07) is 15.1. The first kappa shape index (κ1) is 18.4. The Balaban J connectivity index is 1.63. The highest BCUT2D eigenvalue weighted by atomic mass is 16.6. The Hall–Kier alpha value is -3.92. The van der Waals surface area contributed by atoms with Gasteiger partial charge in [0.15, 0.2) is 23.0 Å². The Kier molecular flexibility index (Phi) is 5.08. The molecule has 0 saturated carbocycles. The zero-order valence-electron chi connectivity index (χ0n) is 16.1. The van der Waals surface area contributed by atoms with Crippen LogP contribution in [0.3, 0.4) is 0 Å². The molecule has 7 nitrogen and oxygen atoms in total. The van der Waals surface area contributed by atoms with Gasteiger partial charge in [-0.1, -0.05) is 6.07 Å². The molecular weight excluding hydrogens is 370 g/mol. The van der Waals surface area contributed by atoms with Crippen LogP contribution in [0.4, 0.5) is 11.5 Å². The van der Waals surface area contributed by atoms with Gasteiger partial charge in [-0.3, -0.25) is 0 Å². The van der Waals surface area contributed by atoms with Gasteiger partial charge in [-0.2, -0.15) is 5.26 Å². The van der Waals surface area contributed by atoms with E-state index in [2.05, 4.69) is 16.4 Å². The number of pyridine rings is 1. The van der Waals surface area contributed by atoms with E-state index in [1.54, 1.807) is 26.5 Å². The number of nitriles is 1. The van der Waals surface area contributed by atoms with Gasteiger partial charge in [0.25, 0.3) is 0 Å². The minimum absolute atomic E-state index is 0.423. The van der Waals surface area contributed by atoms with Crippen LogP contribution in [0.2, 0.25) is 0 Å². The minimum Gasteiger partial charge on any atom is -0.493 e. The van der Waals surface area contributed by atoms with Crippen LogP contribution < -0.4 is 24.3 Å². The normalized spacial score (nSPS) is 12.0. The van der Waals surface area contributed by atoms with E-state index in [9.17, 15) is 5.26 Å². The molecular formula is C22H19N3O4. The molecule has 0 atom stereocenters. The fourth-order valence-electron chi connectivity index (χ4n) is 3.08. The molecule has 0 aliphatic carbocycles. The largest absolute Gasteiger partial charge is 0.493 e. The van der Waals surface area contributed by atoms with Gasteiger partial charge in [-0.15, -0.1) is 0 Å². The van der Waals surface area contributed by atoms with Gasteiger partial charge in [0.1, 0.15) is 25.1 Å². The van der Waals surface area contributed by atoms with Crippen molar-refractivity contribution in [2.75, 3.05) is 32.8 Å². The van der Waals surface area contributed by atoms with Crippen molar-refractivity contribution in [3.8, 4) is 40.2 Å². The molecule has 0 spiro atoms. The molecule has 4 rings (SSSR count). The predicted molar refractivity (Wildman–Crippen MR) is 108 cm³/mol. The summed E-state index contributed by atoms with van der Waals surface area (Å²) in [6.07, 6.45) is 1.71. The van der Waals surface area contributed by atoms with Crippen molar-refractivity contribution in [3.05, 3.63) is 54.2 Å². The van der Waals surface area contributed by atoms with Crippen molar-refractivity contribution in [3.63, 3.8) is 0 Å². The fraction of sp³-hybridized carbons (Fsp3) is 0.182. The van der Waals surface area contributed by atoms with Crippen molar-refractivity contribution in [2.24, 2.45) is 0 Å². The van der Waals surface area contributed by atoms with E-state index in [1.165, 1.54) is 0 Å². The number of hydrogen-bond acceptors (Lipinski definition) is 7. The molecule has 0 amide bonds. The second-order valence-corrected chi connectivity index (χ2v) is 6.29. The summed E-state index contributed by atoms with van der Waals surface area (Å²) in [5, 5.41) is 12.8. The van der Waals surface area contributed by atoms with Gasteiger partial charge in [-0.25, -0.2) is 4.98 Å². The lowest BCUT2D eigenvalue weighted by Gasteiger charge is -2.19. The van der Waals surface area contributed by atoms with Crippen molar-refractivity contribution in [1.29, 1.82) is 5.26 Å². The number of rotatable bonds is 5. The predicted octanol–water partition coefficient (Wildman–Crippen LogP) is 4.15. The standard InChI is InChI=1S/C22H19N3O4/c1-26-18-5-3-14(10-20(18)27-2)16-9-15(12-23)22(24-13-16)25-17-4-6-19-21(11-17)29-8-7-28-19/h3-6,9-11,13H,7-8H2,1-2H3,(H,24,25). The van der Waals surface area contributed by atoms with E-state index in [4.69, 9.17) is 18.9 Å². The summed E-state index contributed by atoms with van der Waals surface area (Å²) in [7, 11) is 3.17. The number of fused-ring (bicyclic) bond motifs is 1. The van der Waals surface area contributed by atoms with Gasteiger partial charge in [-0.05, 0) is 35.9 Å². The molecule has 0 saturated heterocycles. The zero-order chi connectivity index (χ0) is 20.2. The number of ether oxygens (including phenoxy) is 4. The topological polar surface area (TPSA) is 85.6 Å². The van der Waals surface area contributed by atoms with E-state index >= 15 is 0 Å². The summed E-state index contributed by atoms with van der Waals surface area (Å²) in [4.78, 5) is 4.45. The lowest BCUT2D eigenvalue weighted by atomic mass is 10.0. The van der Waals surface area contributed by atoms with Gasteiger partial charge < -0.3 is 24.3 Å². The average Bonchev–Trinajstić information content (AvgIpc) is 2.78. The van der Waals surface area contributed by atoms with Crippen LogP contribution in [-0.4, -0.2) is 32.4 Å². The van der Waals surface area contributed by atoms with Crippen molar-refractivity contribution < 1.29 is 18.9 Å². The van der Waals surface area contributed by atoms with Crippen LogP contribution in [0.25, 0.3) is 11.1 Å². The number of methoxy groups -OCH3 is 2. The van der Waals surface area contributed by atoms with Crippen molar-refractivity contribution in [2.45, 2.75) is 0 Å². The maximum Gasteiger partial charge on any atom is 0.163 e. The van der Waals surface area contributed by atoms with E-state index in [0.717, 1.165) is 16.8 Å². The molecule has 0 unspecified atom stereocenters. The van der Waals surface area contributed by atoms with E-state index in [0.29, 0.717) is 47.6 Å². The van der Waals surface area contributed by atoms with Crippen LogP contribution in [0, 0.1) is 11.3 Å². The van der Waals surface area contributed by atoms with E-state index < -0.39 is 0 Å². The highest BCUT2D eigenvalue weighted by molar-refractivity contribution is 5.72. The first-order valence-electron chi connectivity index (χ1n) is 9.01. The Morgan fingerprint density at radius 3 is 2.48 bits per heavy atom. The molecule has 0 fully saturated rings. The molecule has 2 heterocycles. The summed E-state index contributed by atoms with van der Waals surface area (Å²) in [6.45, 7) is 1.05. The third-order valence-electron chi connectivity index (χ3n) is 4.53. The number of hydrogen-bond donors (Lipinski definition) is 1. The Bertz CT molecular complexity index is 1090. The molecule has 1 aliphatic heterocycles. The smallest absolute Gasteiger partial charge is 0.163 e. The molecule has 29 heavy (non-hydrogen) atoms. The molecule has 1 aliphatic rings. The first-order valence-corrected chi connectivity index (χ1v) is 9.01. The Morgan fingerprint density at radius 1 is 0.931 bits per heavy atom. The quantitative estimate of drug-likeness (QED) is 0.701. The number of aromatic nitrogens is 1. The fourth-order valence-corrected chi connectivity index (χ4v) is 3.08. The van der Waals surface area contributed by atoms with Gasteiger partial charge >= 0.3 is 0 Å². The summed E-state index contributed by atoms with van der Waals surface area (Å²) >= 11 is 0. The zero-order valence-corrected chi connectivity index (χ0v) is 16.1. The van der Waals surface area contributed by atoms with Gasteiger partial charge in [0.05, 0.1) is 19.8 Å². The van der Waals surface area contributed by atoms with Crippen LogP contribution >= 0.6 is 0 Å². The Morgan fingerprint density at radius 2 is 1.72 bits per heavy atom. The van der Waals surface area contributed by atoms with Crippen LogP contribution in [0.1, 0.15) is 5.56 Å². The van der Waals surface area contributed by atoms with E-state index in [1.807, 2.05) is 36.4 Å². The molecule has 7 heteroatoms. The van der Waals surface area contributed by atoms with Crippen LogP contribution in [0.15, 0.2) is 48.7 Å². The van der Waals surface area contributed by atoms with Gasteiger partial charge in [0, 0.05) is 23.5 Å². The molecule has 1 aromatic heterocycles. The lowest BCUT2D eigenvalue weighted by Crippen LogP contribution is -2.15. The monoisotopic (exact) mass is 389 g/mol. The maximum absolute atomic E-state index is 9.62. The average molecular weight is 389 g/mol. The number of nitrogens with one attached hydrogen (secondary N) is 1. The number of nitrogens with zero attached hydrogens (tertiary/aromatic N) is 2. The van der Waals surface area contributed by atoms with E-state index in [-0.39, 0.29) is 0 Å². The first-order chi connectivity index (χ1) is 14.2. The molecule has 2 aromatic carbocycles. The SMILES string of the molecule is COc1ccc(-c2cnc(Nc3ccc4c(c3)OCCO4)c(C#N)c2)cc1OC. The lowest BCUT2D eigenvalue weighted by molar-refractivity contribution is 0.171. The third-order valence-corrected chi connectivity index (χ3v) is 4.53. The summed E-state index contributed by atoms with van der Waals surface area (Å²) in [5.74, 6) is 3.10. The highest BCUT2D eigenvalue weighted by Gasteiger charge is 2.14. The number of benzene rings is 2. The van der Waals surface area contributed by atoms with Crippen molar-refractivity contribution >= 4 is 11.5 Å². The Labute approximate surface area is 168 Å². The summed E-state index contributed by atoms with van der Waals surface area (Å²) in [5.41, 5.74) is 2.86. The second-order valence-electron chi connectivity index (χ2n) is 6.29. The minimum atomic E-state index is 0.423. The molecule has 0 radical (unpaired) electrons. The summed E-state index contributed by atoms with van der Waals surface area (Å²) < 4.78 is 21.8. The molecule has 3 aromatic rings. The number of anilines is 2. The second kappa shape index (κ2) is 7.98. The molecule has 0 bridgehead atoms. The van der Waals surface area contributed by atoms with Crippen LogP contribution in [-0.2, 0) is 0 Å². The maximum atomic E-state index is 9.62. The molecule has 146 valence electrons. The molecule has 1 N–H and O–H groups in total. The van der Waals surface area contributed by atoms with Crippen molar-refractivity contribution in [1.82, 2.24) is 4.98 Å². The van der Waals surface area contributed by atoms with Crippen LogP contribution in [0.5, 0.6) is 23.0 Å². The third kappa shape index (κ3) is 3.73.